The zero-order valence-electron chi connectivity index (χ0n) is 19.7. The van der Waals surface area contributed by atoms with Crippen molar-refractivity contribution >= 4 is 23.7 Å². The van der Waals surface area contributed by atoms with Crippen LogP contribution in [0.3, 0.4) is 0 Å². The molecule has 0 atom stereocenters. The first-order valence-corrected chi connectivity index (χ1v) is 11.5. The zero-order valence-corrected chi connectivity index (χ0v) is 19.7. The number of nitrogens with zero attached hydrogens (tertiary/aromatic N) is 2. The van der Waals surface area contributed by atoms with E-state index in [1.807, 2.05) is 42.5 Å². The molecule has 2 aromatic carbocycles. The number of hydrogen-bond acceptors (Lipinski definition) is 5. The number of carbonyl (C=O) groups is 4. The van der Waals surface area contributed by atoms with E-state index in [9.17, 15) is 19.2 Å². The molecule has 8 nitrogen and oxygen atoms in total. The van der Waals surface area contributed by atoms with Gasteiger partial charge < -0.3 is 19.9 Å². The van der Waals surface area contributed by atoms with E-state index < -0.39 is 0 Å². The maximum atomic E-state index is 12.6. The number of likely N-dealkylation sites (tertiary alicyclic amines) is 1. The van der Waals surface area contributed by atoms with Crippen molar-refractivity contribution in [2.24, 2.45) is 5.92 Å². The van der Waals surface area contributed by atoms with Crippen molar-refractivity contribution in [1.29, 1.82) is 0 Å². The molecule has 1 fully saturated rings. The Balaban J connectivity index is 1.42. The van der Waals surface area contributed by atoms with Gasteiger partial charge in [-0.3, -0.25) is 19.2 Å². The number of likely N-dealkylation sites (N-methyl/N-ethyl adjacent to an activating group) is 1. The average molecular weight is 466 g/mol. The van der Waals surface area contributed by atoms with Crippen molar-refractivity contribution in [3.63, 3.8) is 0 Å². The Bertz CT molecular complexity index is 999. The number of hydrogen-bond donors (Lipinski definition) is 1. The highest BCUT2D eigenvalue weighted by Crippen LogP contribution is 2.20. The Morgan fingerprint density at radius 1 is 0.971 bits per heavy atom. The van der Waals surface area contributed by atoms with Crippen molar-refractivity contribution < 1.29 is 23.9 Å². The van der Waals surface area contributed by atoms with Gasteiger partial charge in [0, 0.05) is 25.7 Å². The maximum absolute atomic E-state index is 12.6. The van der Waals surface area contributed by atoms with Crippen molar-refractivity contribution in [2.45, 2.75) is 19.8 Å². The van der Waals surface area contributed by atoms with Gasteiger partial charge in [-0.2, -0.15) is 0 Å². The molecule has 1 heterocycles. The number of nitrogens with one attached hydrogen (secondary N) is 1. The standard InChI is InChI=1S/C26H31N3O5/c1-3-34-26(33)22-13-15-29(16-14-22)24(31)18-28(2)23(30)17-27-25(32)21-11-9-20(10-12-21)19-7-5-4-6-8-19/h4-12,22H,3,13-18H2,1-2H3,(H,27,32). The molecule has 1 aliphatic rings. The first kappa shape index (κ1) is 25.0. The SMILES string of the molecule is CCOC(=O)C1CCN(C(=O)CN(C)C(=O)CNC(=O)c2ccc(-c3ccccc3)cc2)CC1. The molecule has 180 valence electrons. The minimum atomic E-state index is -0.357. The Morgan fingerprint density at radius 2 is 1.59 bits per heavy atom. The lowest BCUT2D eigenvalue weighted by Gasteiger charge is -2.32. The lowest BCUT2D eigenvalue weighted by Crippen LogP contribution is -2.47. The first-order chi connectivity index (χ1) is 16.4. The molecule has 34 heavy (non-hydrogen) atoms. The predicted molar refractivity (Wildman–Crippen MR) is 128 cm³/mol. The van der Waals surface area contributed by atoms with E-state index >= 15 is 0 Å². The van der Waals surface area contributed by atoms with E-state index in [0.717, 1.165) is 11.1 Å². The first-order valence-electron chi connectivity index (χ1n) is 11.5. The number of ether oxygens (including phenoxy) is 1. The molecule has 3 amide bonds. The van der Waals surface area contributed by atoms with Crippen LogP contribution in [0.2, 0.25) is 0 Å². The highest BCUT2D eigenvalue weighted by Gasteiger charge is 2.29. The van der Waals surface area contributed by atoms with Gasteiger partial charge in [-0.1, -0.05) is 42.5 Å². The van der Waals surface area contributed by atoms with Gasteiger partial charge in [0.25, 0.3) is 5.91 Å². The van der Waals surface area contributed by atoms with Crippen LogP contribution in [0.25, 0.3) is 11.1 Å². The topological polar surface area (TPSA) is 96.0 Å². The Kier molecular flexibility index (Phi) is 8.79. The molecule has 1 aliphatic heterocycles. The van der Waals surface area contributed by atoms with Gasteiger partial charge in [0.05, 0.1) is 25.6 Å². The number of amides is 3. The summed E-state index contributed by atoms with van der Waals surface area (Å²) in [5.74, 6) is -1.29. The number of carbonyl (C=O) groups excluding carboxylic acids is 4. The molecule has 0 spiro atoms. The Morgan fingerprint density at radius 3 is 2.21 bits per heavy atom. The number of benzene rings is 2. The van der Waals surface area contributed by atoms with Gasteiger partial charge in [-0.05, 0) is 43.0 Å². The quantitative estimate of drug-likeness (QED) is 0.604. The Hall–Kier alpha value is -3.68. The maximum Gasteiger partial charge on any atom is 0.309 e. The normalized spacial score (nSPS) is 13.8. The number of esters is 1. The highest BCUT2D eigenvalue weighted by molar-refractivity contribution is 5.97. The molecule has 1 N–H and O–H groups in total. The number of piperidine rings is 1. The third-order valence-electron chi connectivity index (χ3n) is 5.92. The minimum Gasteiger partial charge on any atom is -0.466 e. The van der Waals surface area contributed by atoms with E-state index in [4.69, 9.17) is 4.74 Å². The number of rotatable bonds is 8. The van der Waals surface area contributed by atoms with Crippen LogP contribution < -0.4 is 5.32 Å². The lowest BCUT2D eigenvalue weighted by molar-refractivity contribution is -0.151. The van der Waals surface area contributed by atoms with Crippen LogP contribution in [0.1, 0.15) is 30.1 Å². The van der Waals surface area contributed by atoms with Gasteiger partial charge >= 0.3 is 5.97 Å². The summed E-state index contributed by atoms with van der Waals surface area (Å²) in [5.41, 5.74) is 2.51. The largest absolute Gasteiger partial charge is 0.466 e. The van der Waals surface area contributed by atoms with E-state index in [1.54, 1.807) is 24.0 Å². The minimum absolute atomic E-state index is 0.0788. The lowest BCUT2D eigenvalue weighted by atomic mass is 9.97. The fourth-order valence-corrected chi connectivity index (χ4v) is 3.85. The molecule has 0 radical (unpaired) electrons. The smallest absolute Gasteiger partial charge is 0.309 e. The molecule has 0 saturated carbocycles. The second kappa shape index (κ2) is 12.0. The molecular weight excluding hydrogens is 434 g/mol. The fraction of sp³-hybridized carbons (Fsp3) is 0.385. The van der Waals surface area contributed by atoms with E-state index in [0.29, 0.717) is 38.1 Å². The van der Waals surface area contributed by atoms with Gasteiger partial charge in [0.1, 0.15) is 0 Å². The fourth-order valence-electron chi connectivity index (χ4n) is 3.85. The predicted octanol–water partition coefficient (Wildman–Crippen LogP) is 2.34. The van der Waals surface area contributed by atoms with Gasteiger partial charge in [0.15, 0.2) is 0 Å². The molecular formula is C26H31N3O5. The van der Waals surface area contributed by atoms with Gasteiger partial charge in [-0.25, -0.2) is 0 Å². The molecule has 0 unspecified atom stereocenters. The average Bonchev–Trinajstić information content (AvgIpc) is 2.87. The summed E-state index contributed by atoms with van der Waals surface area (Å²) in [6.07, 6.45) is 1.11. The van der Waals surface area contributed by atoms with Crippen molar-refractivity contribution in [1.82, 2.24) is 15.1 Å². The zero-order chi connectivity index (χ0) is 24.5. The molecule has 8 heteroatoms. The van der Waals surface area contributed by atoms with Crippen LogP contribution in [-0.4, -0.2) is 73.3 Å². The van der Waals surface area contributed by atoms with Gasteiger partial charge in [-0.15, -0.1) is 0 Å². The third kappa shape index (κ3) is 6.66. The summed E-state index contributed by atoms with van der Waals surface area (Å²) >= 11 is 0. The molecule has 0 aromatic heterocycles. The van der Waals surface area contributed by atoms with Crippen LogP contribution >= 0.6 is 0 Å². The molecule has 0 aliphatic carbocycles. The summed E-state index contributed by atoms with van der Waals surface area (Å²) < 4.78 is 5.05. The second-order valence-electron chi connectivity index (χ2n) is 8.28. The van der Waals surface area contributed by atoms with Crippen molar-refractivity contribution in [2.75, 3.05) is 39.8 Å². The van der Waals surface area contributed by atoms with Crippen LogP contribution in [-0.2, 0) is 19.1 Å². The summed E-state index contributed by atoms with van der Waals surface area (Å²) in [4.78, 5) is 52.2. The van der Waals surface area contributed by atoms with Crippen LogP contribution in [0.5, 0.6) is 0 Å². The van der Waals surface area contributed by atoms with Crippen molar-refractivity contribution in [3.8, 4) is 11.1 Å². The van der Waals surface area contributed by atoms with Crippen LogP contribution in [0.15, 0.2) is 54.6 Å². The summed E-state index contributed by atoms with van der Waals surface area (Å²) in [7, 11) is 1.53. The van der Waals surface area contributed by atoms with Crippen LogP contribution in [0.4, 0.5) is 0 Å². The second-order valence-corrected chi connectivity index (χ2v) is 8.28. The summed E-state index contributed by atoms with van der Waals surface area (Å²) in [6, 6.07) is 17.0. The van der Waals surface area contributed by atoms with Gasteiger partial charge in [0.2, 0.25) is 11.8 Å². The van der Waals surface area contributed by atoms with Crippen LogP contribution in [0, 0.1) is 5.92 Å². The van der Waals surface area contributed by atoms with E-state index in [2.05, 4.69) is 5.32 Å². The summed E-state index contributed by atoms with van der Waals surface area (Å²) in [5, 5.41) is 2.62. The third-order valence-corrected chi connectivity index (χ3v) is 5.92. The van der Waals surface area contributed by atoms with E-state index in [-0.39, 0.29) is 42.7 Å². The summed E-state index contributed by atoms with van der Waals surface area (Å²) in [6.45, 7) is 2.76. The Labute approximate surface area is 199 Å². The molecule has 2 aromatic rings. The molecule has 1 saturated heterocycles. The monoisotopic (exact) mass is 465 g/mol. The van der Waals surface area contributed by atoms with Crippen molar-refractivity contribution in [3.05, 3.63) is 60.2 Å². The van der Waals surface area contributed by atoms with E-state index in [1.165, 1.54) is 11.9 Å². The highest BCUT2D eigenvalue weighted by atomic mass is 16.5. The molecule has 0 bridgehead atoms. The molecule has 3 rings (SSSR count).